The Hall–Kier alpha value is -1.81. The van der Waals surface area contributed by atoms with Crippen molar-refractivity contribution in [1.82, 2.24) is 0 Å². The molecular formula is C19H22BrNO2. The quantitative estimate of drug-likeness (QED) is 0.604. The zero-order chi connectivity index (χ0) is 16.5. The van der Waals surface area contributed by atoms with Crippen molar-refractivity contribution in [2.24, 2.45) is 0 Å². The number of rotatable bonds is 8. The lowest BCUT2D eigenvalue weighted by molar-refractivity contribution is 0.102. The first-order chi connectivity index (χ1) is 11.2. The molecule has 0 aliphatic rings. The molecule has 0 bridgehead atoms. The number of ether oxygens (including phenoxy) is 1. The zero-order valence-corrected chi connectivity index (χ0v) is 14.9. The number of nitrogens with one attached hydrogen (secondary N) is 1. The summed E-state index contributed by atoms with van der Waals surface area (Å²) in [4.78, 5) is 12.2. The molecule has 0 radical (unpaired) electrons. The van der Waals surface area contributed by atoms with Gasteiger partial charge in [0.1, 0.15) is 5.75 Å². The highest BCUT2D eigenvalue weighted by Crippen LogP contribution is 2.17. The number of carbonyl (C=O) groups excluding carboxylic acids is 1. The van der Waals surface area contributed by atoms with E-state index in [1.165, 1.54) is 19.3 Å². The molecule has 4 heteroatoms. The summed E-state index contributed by atoms with van der Waals surface area (Å²) in [5.41, 5.74) is 1.39. The van der Waals surface area contributed by atoms with Crippen molar-refractivity contribution in [3.63, 3.8) is 0 Å². The van der Waals surface area contributed by atoms with E-state index in [-0.39, 0.29) is 5.91 Å². The molecule has 0 aliphatic carbocycles. The van der Waals surface area contributed by atoms with Crippen LogP contribution in [0.1, 0.15) is 43.0 Å². The number of anilines is 1. The predicted octanol–water partition coefficient (Wildman–Crippen LogP) is 5.66. The molecule has 0 heterocycles. The third kappa shape index (κ3) is 6.06. The van der Waals surface area contributed by atoms with Crippen molar-refractivity contribution in [3.8, 4) is 5.75 Å². The largest absolute Gasteiger partial charge is 0.494 e. The Kier molecular flexibility index (Phi) is 7.14. The molecule has 1 N–H and O–H groups in total. The van der Waals surface area contributed by atoms with Crippen molar-refractivity contribution in [2.45, 2.75) is 32.6 Å². The van der Waals surface area contributed by atoms with Gasteiger partial charge < -0.3 is 10.1 Å². The van der Waals surface area contributed by atoms with Gasteiger partial charge in [0.25, 0.3) is 5.91 Å². The van der Waals surface area contributed by atoms with Crippen molar-refractivity contribution >= 4 is 27.5 Å². The number of carbonyl (C=O) groups is 1. The van der Waals surface area contributed by atoms with Gasteiger partial charge in [-0.25, -0.2) is 0 Å². The maximum absolute atomic E-state index is 12.2. The van der Waals surface area contributed by atoms with Crippen LogP contribution in [0.2, 0.25) is 0 Å². The highest BCUT2D eigenvalue weighted by atomic mass is 79.9. The van der Waals surface area contributed by atoms with E-state index in [1.807, 2.05) is 36.4 Å². The molecule has 0 atom stereocenters. The second kappa shape index (κ2) is 9.36. The van der Waals surface area contributed by atoms with Gasteiger partial charge in [-0.2, -0.15) is 0 Å². The molecule has 0 spiro atoms. The molecule has 122 valence electrons. The SMILES string of the molecule is CCCCCCOc1ccc(C(=O)Nc2ccc(Br)cc2)cc1. The number of amides is 1. The first-order valence-electron chi connectivity index (χ1n) is 7.99. The van der Waals surface area contributed by atoms with Crippen LogP contribution in [-0.4, -0.2) is 12.5 Å². The molecule has 0 fully saturated rings. The molecule has 1 amide bonds. The normalized spacial score (nSPS) is 10.3. The van der Waals surface area contributed by atoms with Gasteiger partial charge in [-0.05, 0) is 55.0 Å². The van der Waals surface area contributed by atoms with Gasteiger partial charge in [0.05, 0.1) is 6.61 Å². The standard InChI is InChI=1S/C19H22BrNO2/c1-2-3-4-5-14-23-18-12-6-15(7-13-18)19(22)21-17-10-8-16(20)9-11-17/h6-13H,2-5,14H2,1H3,(H,21,22). The highest BCUT2D eigenvalue weighted by Gasteiger charge is 2.06. The smallest absolute Gasteiger partial charge is 0.255 e. The van der Waals surface area contributed by atoms with Gasteiger partial charge in [0, 0.05) is 15.7 Å². The summed E-state index contributed by atoms with van der Waals surface area (Å²) in [6.07, 6.45) is 4.74. The summed E-state index contributed by atoms with van der Waals surface area (Å²) in [5, 5.41) is 2.87. The molecule has 2 rings (SSSR count). The fourth-order valence-corrected chi connectivity index (χ4v) is 2.42. The van der Waals surface area contributed by atoms with Crippen molar-refractivity contribution in [1.29, 1.82) is 0 Å². The van der Waals surface area contributed by atoms with E-state index in [1.54, 1.807) is 12.1 Å². The topological polar surface area (TPSA) is 38.3 Å². The van der Waals surface area contributed by atoms with Crippen LogP contribution in [-0.2, 0) is 0 Å². The second-order valence-corrected chi connectivity index (χ2v) is 6.31. The van der Waals surface area contributed by atoms with Gasteiger partial charge in [0.2, 0.25) is 0 Å². The fourth-order valence-electron chi connectivity index (χ4n) is 2.16. The van der Waals surface area contributed by atoms with Crippen LogP contribution in [0.4, 0.5) is 5.69 Å². The molecule has 0 saturated carbocycles. The van der Waals surface area contributed by atoms with Crippen LogP contribution in [0.15, 0.2) is 53.0 Å². The van der Waals surface area contributed by atoms with Gasteiger partial charge in [0.15, 0.2) is 0 Å². The van der Waals surface area contributed by atoms with Crippen LogP contribution in [0.5, 0.6) is 5.75 Å². The van der Waals surface area contributed by atoms with E-state index in [0.29, 0.717) is 5.56 Å². The molecular weight excluding hydrogens is 354 g/mol. The predicted molar refractivity (Wildman–Crippen MR) is 98.2 cm³/mol. The summed E-state index contributed by atoms with van der Waals surface area (Å²) >= 11 is 3.37. The second-order valence-electron chi connectivity index (χ2n) is 5.39. The Labute approximate surface area is 146 Å². The van der Waals surface area contributed by atoms with E-state index in [9.17, 15) is 4.79 Å². The van der Waals surface area contributed by atoms with E-state index in [2.05, 4.69) is 28.2 Å². The Bertz CT molecular complexity index is 608. The van der Waals surface area contributed by atoms with Crippen LogP contribution in [0.3, 0.4) is 0 Å². The third-order valence-corrected chi connectivity index (χ3v) is 4.01. The van der Waals surface area contributed by atoms with Crippen LogP contribution in [0, 0.1) is 0 Å². The van der Waals surface area contributed by atoms with Crippen molar-refractivity contribution < 1.29 is 9.53 Å². The van der Waals surface area contributed by atoms with E-state index >= 15 is 0 Å². The molecule has 0 aromatic heterocycles. The average Bonchev–Trinajstić information content (AvgIpc) is 2.57. The number of hydrogen-bond acceptors (Lipinski definition) is 2. The Morgan fingerprint density at radius 2 is 1.70 bits per heavy atom. The number of unbranched alkanes of at least 4 members (excludes halogenated alkanes) is 3. The third-order valence-electron chi connectivity index (χ3n) is 3.49. The minimum atomic E-state index is -0.123. The summed E-state index contributed by atoms with van der Waals surface area (Å²) in [5.74, 6) is 0.684. The fraction of sp³-hybridized carbons (Fsp3) is 0.316. The molecule has 0 saturated heterocycles. The molecule has 2 aromatic carbocycles. The van der Waals surface area contributed by atoms with Crippen molar-refractivity contribution in [2.75, 3.05) is 11.9 Å². The minimum Gasteiger partial charge on any atom is -0.494 e. The summed E-state index contributed by atoms with van der Waals surface area (Å²) < 4.78 is 6.66. The van der Waals surface area contributed by atoms with Crippen LogP contribution < -0.4 is 10.1 Å². The Balaban J connectivity index is 1.83. The van der Waals surface area contributed by atoms with Crippen LogP contribution in [0.25, 0.3) is 0 Å². The zero-order valence-electron chi connectivity index (χ0n) is 13.3. The Morgan fingerprint density at radius 3 is 2.35 bits per heavy atom. The number of halogens is 1. The maximum Gasteiger partial charge on any atom is 0.255 e. The maximum atomic E-state index is 12.2. The van der Waals surface area contributed by atoms with Crippen LogP contribution >= 0.6 is 15.9 Å². The summed E-state index contributed by atoms with van der Waals surface area (Å²) in [6.45, 7) is 2.92. The monoisotopic (exact) mass is 375 g/mol. The van der Waals surface area contributed by atoms with E-state index in [0.717, 1.165) is 28.9 Å². The summed E-state index contributed by atoms with van der Waals surface area (Å²) in [6, 6.07) is 14.8. The Morgan fingerprint density at radius 1 is 1.00 bits per heavy atom. The van der Waals surface area contributed by atoms with Gasteiger partial charge in [-0.15, -0.1) is 0 Å². The lowest BCUT2D eigenvalue weighted by Gasteiger charge is -2.08. The minimum absolute atomic E-state index is 0.123. The van der Waals surface area contributed by atoms with E-state index < -0.39 is 0 Å². The summed E-state index contributed by atoms with van der Waals surface area (Å²) in [7, 11) is 0. The molecule has 0 unspecified atom stereocenters. The highest BCUT2D eigenvalue weighted by molar-refractivity contribution is 9.10. The van der Waals surface area contributed by atoms with Gasteiger partial charge >= 0.3 is 0 Å². The molecule has 23 heavy (non-hydrogen) atoms. The lowest BCUT2D eigenvalue weighted by atomic mass is 10.2. The molecule has 0 aliphatic heterocycles. The average molecular weight is 376 g/mol. The van der Waals surface area contributed by atoms with Gasteiger partial charge in [-0.1, -0.05) is 42.1 Å². The lowest BCUT2D eigenvalue weighted by Crippen LogP contribution is -2.11. The first kappa shape index (κ1) is 17.5. The number of benzene rings is 2. The number of hydrogen-bond donors (Lipinski definition) is 1. The van der Waals surface area contributed by atoms with Crippen molar-refractivity contribution in [3.05, 3.63) is 58.6 Å². The molecule has 3 nitrogen and oxygen atoms in total. The van der Waals surface area contributed by atoms with E-state index in [4.69, 9.17) is 4.74 Å². The molecule has 2 aromatic rings. The first-order valence-corrected chi connectivity index (χ1v) is 8.78. The van der Waals surface area contributed by atoms with Gasteiger partial charge in [-0.3, -0.25) is 4.79 Å².